The predicted molar refractivity (Wildman–Crippen MR) is 63.4 cm³/mol. The normalized spacial score (nSPS) is 10.0. The van der Waals surface area contributed by atoms with Crippen molar-refractivity contribution in [3.63, 3.8) is 0 Å². The Morgan fingerprint density at radius 1 is 1.60 bits per heavy atom. The van der Waals surface area contributed by atoms with Crippen LogP contribution in [0.2, 0.25) is 0 Å². The van der Waals surface area contributed by atoms with Crippen LogP contribution in [-0.2, 0) is 0 Å². The second-order valence-electron chi connectivity index (χ2n) is 3.59. The first kappa shape index (κ1) is 11.5. The second kappa shape index (κ2) is 5.34. The Bertz CT molecular complexity index is 335. The van der Waals surface area contributed by atoms with Crippen molar-refractivity contribution in [1.29, 1.82) is 5.41 Å². The Kier molecular flexibility index (Phi) is 4.09. The number of pyridine rings is 1. The highest BCUT2D eigenvalue weighted by Gasteiger charge is 2.03. The largest absolute Gasteiger partial charge is 0.384 e. The topological polar surface area (TPSA) is 66.0 Å². The molecule has 0 aliphatic rings. The molecule has 0 amide bonds. The van der Waals surface area contributed by atoms with E-state index in [1.165, 1.54) is 0 Å². The van der Waals surface area contributed by atoms with Crippen LogP contribution in [0.1, 0.15) is 25.3 Å². The van der Waals surface area contributed by atoms with Crippen molar-refractivity contribution in [2.45, 2.75) is 19.8 Å². The van der Waals surface area contributed by atoms with Gasteiger partial charge >= 0.3 is 0 Å². The van der Waals surface area contributed by atoms with Crippen LogP contribution >= 0.6 is 0 Å². The van der Waals surface area contributed by atoms with Crippen LogP contribution in [0.15, 0.2) is 18.3 Å². The molecule has 0 radical (unpaired) electrons. The molecule has 0 aromatic carbocycles. The molecular formula is C11H18N4. The molecule has 4 heteroatoms. The van der Waals surface area contributed by atoms with Crippen LogP contribution in [0.25, 0.3) is 0 Å². The van der Waals surface area contributed by atoms with Crippen molar-refractivity contribution >= 4 is 11.7 Å². The summed E-state index contributed by atoms with van der Waals surface area (Å²) in [5.41, 5.74) is 6.15. The maximum atomic E-state index is 7.34. The summed E-state index contributed by atoms with van der Waals surface area (Å²) in [4.78, 5) is 6.33. The summed E-state index contributed by atoms with van der Waals surface area (Å²) in [6.45, 7) is 3.14. The molecule has 1 heterocycles. The fourth-order valence-corrected chi connectivity index (χ4v) is 1.30. The minimum atomic E-state index is 0.0857. The number of hydrogen-bond donors (Lipinski definition) is 2. The van der Waals surface area contributed by atoms with Gasteiger partial charge < -0.3 is 10.6 Å². The van der Waals surface area contributed by atoms with E-state index in [9.17, 15) is 0 Å². The van der Waals surface area contributed by atoms with E-state index < -0.39 is 0 Å². The average molecular weight is 206 g/mol. The third-order valence-corrected chi connectivity index (χ3v) is 2.29. The van der Waals surface area contributed by atoms with E-state index in [-0.39, 0.29) is 5.84 Å². The minimum Gasteiger partial charge on any atom is -0.384 e. The van der Waals surface area contributed by atoms with Crippen molar-refractivity contribution in [3.8, 4) is 0 Å². The number of unbranched alkanes of at least 4 members (excludes halogenated alkanes) is 1. The molecule has 1 aromatic heterocycles. The van der Waals surface area contributed by atoms with Crippen molar-refractivity contribution in [2.75, 3.05) is 18.5 Å². The third kappa shape index (κ3) is 3.23. The van der Waals surface area contributed by atoms with Gasteiger partial charge in [-0.3, -0.25) is 5.41 Å². The van der Waals surface area contributed by atoms with E-state index in [1.54, 1.807) is 12.3 Å². The molecule has 1 rings (SSSR count). The van der Waals surface area contributed by atoms with E-state index in [0.29, 0.717) is 0 Å². The second-order valence-corrected chi connectivity index (χ2v) is 3.59. The summed E-state index contributed by atoms with van der Waals surface area (Å²) in [6.07, 6.45) is 3.99. The zero-order valence-corrected chi connectivity index (χ0v) is 9.33. The molecule has 0 unspecified atom stereocenters. The number of nitrogens with one attached hydrogen (secondary N) is 1. The molecule has 82 valence electrons. The van der Waals surface area contributed by atoms with E-state index in [4.69, 9.17) is 11.1 Å². The monoisotopic (exact) mass is 206 g/mol. The van der Waals surface area contributed by atoms with E-state index in [0.717, 1.165) is 30.8 Å². The zero-order valence-electron chi connectivity index (χ0n) is 9.33. The molecule has 4 nitrogen and oxygen atoms in total. The van der Waals surface area contributed by atoms with Crippen LogP contribution in [-0.4, -0.2) is 24.4 Å². The quantitative estimate of drug-likeness (QED) is 0.568. The Hall–Kier alpha value is -1.58. The zero-order chi connectivity index (χ0) is 11.3. The lowest BCUT2D eigenvalue weighted by molar-refractivity contribution is 0.759. The number of hydrogen-bond acceptors (Lipinski definition) is 3. The summed E-state index contributed by atoms with van der Waals surface area (Å²) in [5.74, 6) is 0.957. The van der Waals surface area contributed by atoms with Gasteiger partial charge in [0, 0.05) is 25.4 Å². The smallest absolute Gasteiger partial charge is 0.128 e. The predicted octanol–water partition coefficient (Wildman–Crippen LogP) is 1.60. The highest BCUT2D eigenvalue weighted by Crippen LogP contribution is 2.11. The van der Waals surface area contributed by atoms with Crippen LogP contribution in [0, 0.1) is 5.41 Å². The first-order chi connectivity index (χ1) is 7.15. The summed E-state index contributed by atoms with van der Waals surface area (Å²) >= 11 is 0. The van der Waals surface area contributed by atoms with E-state index >= 15 is 0 Å². The maximum Gasteiger partial charge on any atom is 0.128 e. The molecule has 1 aromatic rings. The molecule has 0 aliphatic heterocycles. The molecule has 0 saturated carbocycles. The van der Waals surface area contributed by atoms with E-state index in [2.05, 4.69) is 16.8 Å². The number of nitrogens with two attached hydrogens (primary N) is 1. The molecule has 3 N–H and O–H groups in total. The molecule has 0 spiro atoms. The molecule has 0 fully saturated rings. The first-order valence-corrected chi connectivity index (χ1v) is 5.16. The fraction of sp³-hybridized carbons (Fsp3) is 0.455. The molecule has 0 aliphatic carbocycles. The number of amidine groups is 1. The van der Waals surface area contributed by atoms with Gasteiger partial charge in [0.15, 0.2) is 0 Å². The van der Waals surface area contributed by atoms with Crippen molar-refractivity contribution in [3.05, 3.63) is 23.9 Å². The molecule has 0 saturated heterocycles. The summed E-state index contributed by atoms with van der Waals surface area (Å²) in [7, 11) is 2.00. The molecule has 0 atom stereocenters. The summed E-state index contributed by atoms with van der Waals surface area (Å²) in [5, 5.41) is 7.34. The third-order valence-electron chi connectivity index (χ3n) is 2.29. The SMILES string of the molecule is CCCCN(C)c1cc(C(=N)N)ccn1. The van der Waals surface area contributed by atoms with Crippen LogP contribution in [0.5, 0.6) is 0 Å². The lowest BCUT2D eigenvalue weighted by Crippen LogP contribution is -2.20. The molecule has 0 bridgehead atoms. The maximum absolute atomic E-state index is 7.34. The van der Waals surface area contributed by atoms with Gasteiger partial charge in [0.1, 0.15) is 11.7 Å². The van der Waals surface area contributed by atoms with Gasteiger partial charge in [-0.2, -0.15) is 0 Å². The van der Waals surface area contributed by atoms with Gasteiger partial charge in [0.05, 0.1) is 0 Å². The summed E-state index contributed by atoms with van der Waals surface area (Å²) in [6, 6.07) is 3.59. The number of nitrogens with zero attached hydrogens (tertiary/aromatic N) is 2. The lowest BCUT2D eigenvalue weighted by atomic mass is 10.2. The summed E-state index contributed by atoms with van der Waals surface area (Å²) < 4.78 is 0. The standard InChI is InChI=1S/C11H18N4/c1-3-4-7-15(2)10-8-9(11(12)13)5-6-14-10/h5-6,8H,3-4,7H2,1-2H3,(H3,12,13). The van der Waals surface area contributed by atoms with Gasteiger partial charge in [0.25, 0.3) is 0 Å². The van der Waals surface area contributed by atoms with Crippen molar-refractivity contribution in [2.24, 2.45) is 5.73 Å². The Labute approximate surface area is 90.6 Å². The number of rotatable bonds is 5. The minimum absolute atomic E-state index is 0.0857. The van der Waals surface area contributed by atoms with Crippen LogP contribution in [0.4, 0.5) is 5.82 Å². The van der Waals surface area contributed by atoms with Gasteiger partial charge in [-0.25, -0.2) is 4.98 Å². The Morgan fingerprint density at radius 3 is 2.93 bits per heavy atom. The highest BCUT2D eigenvalue weighted by molar-refractivity contribution is 5.95. The van der Waals surface area contributed by atoms with E-state index in [1.807, 2.05) is 13.1 Å². The highest BCUT2D eigenvalue weighted by atomic mass is 15.2. The number of anilines is 1. The van der Waals surface area contributed by atoms with Crippen LogP contribution < -0.4 is 10.6 Å². The average Bonchev–Trinajstić information content (AvgIpc) is 2.26. The van der Waals surface area contributed by atoms with Gasteiger partial charge in [0.2, 0.25) is 0 Å². The molecular weight excluding hydrogens is 188 g/mol. The van der Waals surface area contributed by atoms with Gasteiger partial charge in [-0.05, 0) is 18.6 Å². The van der Waals surface area contributed by atoms with Crippen molar-refractivity contribution < 1.29 is 0 Å². The molecule has 15 heavy (non-hydrogen) atoms. The van der Waals surface area contributed by atoms with Crippen LogP contribution in [0.3, 0.4) is 0 Å². The number of nitrogen functional groups attached to an aromatic ring is 1. The van der Waals surface area contributed by atoms with Gasteiger partial charge in [-0.15, -0.1) is 0 Å². The Morgan fingerprint density at radius 2 is 2.33 bits per heavy atom. The first-order valence-electron chi connectivity index (χ1n) is 5.16. The fourth-order valence-electron chi connectivity index (χ4n) is 1.30. The van der Waals surface area contributed by atoms with Gasteiger partial charge in [-0.1, -0.05) is 13.3 Å². The number of aromatic nitrogens is 1. The Balaban J connectivity index is 2.76. The lowest BCUT2D eigenvalue weighted by Gasteiger charge is -2.17. The van der Waals surface area contributed by atoms with Crippen molar-refractivity contribution in [1.82, 2.24) is 4.98 Å².